The first-order chi connectivity index (χ1) is 10.2. The monoisotopic (exact) mass is 308 g/mol. The van der Waals surface area contributed by atoms with Crippen LogP contribution in [0.1, 0.15) is 42.3 Å². The number of carbonyl (C=O) groups excluding carboxylic acids is 1. The Morgan fingerprint density at radius 1 is 1.36 bits per heavy atom. The molecule has 1 aromatic carbocycles. The molecule has 0 saturated carbocycles. The maximum atomic E-state index is 12.3. The second-order valence-corrected chi connectivity index (χ2v) is 6.10. The van der Waals surface area contributed by atoms with Crippen molar-refractivity contribution in [2.24, 2.45) is 0 Å². The van der Waals surface area contributed by atoms with Gasteiger partial charge in [-0.05, 0) is 57.9 Å². The summed E-state index contributed by atoms with van der Waals surface area (Å²) in [5.74, 6) is -0.335. The van der Waals surface area contributed by atoms with Gasteiger partial charge in [-0.2, -0.15) is 0 Å². The van der Waals surface area contributed by atoms with E-state index in [1.807, 2.05) is 40.7 Å². The first-order valence-electron chi connectivity index (χ1n) is 7.41. The molecular weight excluding hydrogens is 284 g/mol. The Kier molecular flexibility index (Phi) is 4.78. The van der Waals surface area contributed by atoms with Gasteiger partial charge in [0.05, 0.1) is 19.3 Å². The van der Waals surface area contributed by atoms with Crippen LogP contribution in [-0.2, 0) is 14.2 Å². The van der Waals surface area contributed by atoms with Crippen LogP contribution in [0.15, 0.2) is 12.1 Å². The standard InChI is InChI=1S/C17H24O5/c1-10-7-13(8-14(19-6)11(10)2)16(18)21-12(3)15-9-20-17(4,5)22-15/h7-8,12,15H,9H2,1-6H3/t12-,15+/m1/s1. The summed E-state index contributed by atoms with van der Waals surface area (Å²) in [5.41, 5.74) is 2.48. The molecule has 122 valence electrons. The van der Waals surface area contributed by atoms with Crippen LogP contribution < -0.4 is 4.74 Å². The zero-order valence-corrected chi connectivity index (χ0v) is 14.1. The number of ether oxygens (including phenoxy) is 4. The van der Waals surface area contributed by atoms with Crippen molar-refractivity contribution >= 4 is 5.97 Å². The third-order valence-corrected chi connectivity index (χ3v) is 3.92. The van der Waals surface area contributed by atoms with Gasteiger partial charge in [-0.3, -0.25) is 0 Å². The van der Waals surface area contributed by atoms with E-state index < -0.39 is 5.79 Å². The highest BCUT2D eigenvalue weighted by atomic mass is 16.7. The van der Waals surface area contributed by atoms with Crippen molar-refractivity contribution < 1.29 is 23.7 Å². The first kappa shape index (κ1) is 16.8. The molecule has 1 heterocycles. The lowest BCUT2D eigenvalue weighted by atomic mass is 10.0. The fourth-order valence-corrected chi connectivity index (χ4v) is 2.42. The predicted octanol–water partition coefficient (Wildman–Crippen LogP) is 3.01. The minimum Gasteiger partial charge on any atom is -0.496 e. The lowest BCUT2D eigenvalue weighted by molar-refractivity contribution is -0.150. The van der Waals surface area contributed by atoms with Crippen molar-refractivity contribution in [2.75, 3.05) is 13.7 Å². The van der Waals surface area contributed by atoms with Crippen molar-refractivity contribution in [2.45, 2.75) is 52.6 Å². The van der Waals surface area contributed by atoms with E-state index in [1.54, 1.807) is 13.2 Å². The summed E-state index contributed by atoms with van der Waals surface area (Å²) in [6.45, 7) is 9.81. The second kappa shape index (κ2) is 6.26. The zero-order chi connectivity index (χ0) is 16.5. The summed E-state index contributed by atoms with van der Waals surface area (Å²) in [4.78, 5) is 12.3. The highest BCUT2D eigenvalue weighted by molar-refractivity contribution is 5.90. The van der Waals surface area contributed by atoms with E-state index in [1.165, 1.54) is 0 Å². The van der Waals surface area contributed by atoms with Gasteiger partial charge in [0.1, 0.15) is 18.0 Å². The number of rotatable bonds is 4. The van der Waals surface area contributed by atoms with Crippen molar-refractivity contribution in [1.82, 2.24) is 0 Å². The van der Waals surface area contributed by atoms with E-state index >= 15 is 0 Å². The predicted molar refractivity (Wildman–Crippen MR) is 82.2 cm³/mol. The maximum absolute atomic E-state index is 12.3. The van der Waals surface area contributed by atoms with E-state index in [0.717, 1.165) is 11.1 Å². The number of hydrogen-bond acceptors (Lipinski definition) is 5. The Hall–Kier alpha value is -1.59. The van der Waals surface area contributed by atoms with Gasteiger partial charge in [0.25, 0.3) is 0 Å². The second-order valence-electron chi connectivity index (χ2n) is 6.10. The Balaban J connectivity index is 2.08. The van der Waals surface area contributed by atoms with E-state index in [0.29, 0.717) is 17.9 Å². The highest BCUT2D eigenvalue weighted by Crippen LogP contribution is 2.27. The fraction of sp³-hybridized carbons (Fsp3) is 0.588. The molecule has 0 bridgehead atoms. The van der Waals surface area contributed by atoms with Crippen LogP contribution in [0, 0.1) is 13.8 Å². The number of carbonyl (C=O) groups is 1. The van der Waals surface area contributed by atoms with Crippen LogP contribution >= 0.6 is 0 Å². The number of methoxy groups -OCH3 is 1. The van der Waals surface area contributed by atoms with Crippen molar-refractivity contribution in [3.8, 4) is 5.75 Å². The summed E-state index contributed by atoms with van der Waals surface area (Å²) in [7, 11) is 1.59. The zero-order valence-electron chi connectivity index (χ0n) is 14.1. The van der Waals surface area contributed by atoms with E-state index in [4.69, 9.17) is 18.9 Å². The van der Waals surface area contributed by atoms with E-state index in [9.17, 15) is 4.79 Å². The molecule has 0 spiro atoms. The van der Waals surface area contributed by atoms with E-state index in [-0.39, 0.29) is 18.2 Å². The molecule has 2 rings (SSSR count). The normalized spacial score (nSPS) is 21.5. The minimum absolute atomic E-state index is 0.257. The van der Waals surface area contributed by atoms with Gasteiger partial charge in [-0.15, -0.1) is 0 Å². The topological polar surface area (TPSA) is 54.0 Å². The van der Waals surface area contributed by atoms with Gasteiger partial charge < -0.3 is 18.9 Å². The molecule has 5 heteroatoms. The molecule has 1 aliphatic rings. The van der Waals surface area contributed by atoms with Gasteiger partial charge in [0.15, 0.2) is 5.79 Å². The third-order valence-electron chi connectivity index (χ3n) is 3.92. The number of aryl methyl sites for hydroxylation is 1. The number of esters is 1. The molecule has 0 aromatic heterocycles. The molecule has 0 unspecified atom stereocenters. The van der Waals surface area contributed by atoms with Crippen LogP contribution in [0.5, 0.6) is 5.75 Å². The van der Waals surface area contributed by atoms with Crippen LogP contribution in [0.4, 0.5) is 0 Å². The molecule has 0 radical (unpaired) electrons. The molecule has 0 aliphatic carbocycles. The molecule has 1 saturated heterocycles. The van der Waals surface area contributed by atoms with Gasteiger partial charge >= 0.3 is 5.97 Å². The summed E-state index contributed by atoms with van der Waals surface area (Å²) >= 11 is 0. The maximum Gasteiger partial charge on any atom is 0.338 e. The Bertz CT molecular complexity index is 564. The lowest BCUT2D eigenvalue weighted by Gasteiger charge is -2.21. The van der Waals surface area contributed by atoms with Crippen LogP contribution in [-0.4, -0.2) is 37.7 Å². The summed E-state index contributed by atoms with van der Waals surface area (Å²) in [5, 5.41) is 0. The summed E-state index contributed by atoms with van der Waals surface area (Å²) in [6, 6.07) is 3.51. The minimum atomic E-state index is -0.630. The van der Waals surface area contributed by atoms with Gasteiger partial charge in [0.2, 0.25) is 0 Å². The molecule has 0 amide bonds. The Morgan fingerprint density at radius 3 is 2.59 bits per heavy atom. The molecule has 2 atom stereocenters. The molecule has 0 N–H and O–H groups in total. The van der Waals surface area contributed by atoms with Crippen molar-refractivity contribution in [3.63, 3.8) is 0 Å². The Morgan fingerprint density at radius 2 is 2.05 bits per heavy atom. The van der Waals surface area contributed by atoms with Crippen molar-refractivity contribution in [1.29, 1.82) is 0 Å². The van der Waals surface area contributed by atoms with Gasteiger partial charge in [0, 0.05) is 0 Å². The first-order valence-corrected chi connectivity index (χ1v) is 7.41. The lowest BCUT2D eigenvalue weighted by Crippen LogP contribution is -2.32. The molecule has 1 aromatic rings. The highest BCUT2D eigenvalue weighted by Gasteiger charge is 2.37. The van der Waals surface area contributed by atoms with Crippen molar-refractivity contribution in [3.05, 3.63) is 28.8 Å². The molecule has 5 nitrogen and oxygen atoms in total. The molecule has 22 heavy (non-hydrogen) atoms. The van der Waals surface area contributed by atoms with Crippen LogP contribution in [0.25, 0.3) is 0 Å². The quantitative estimate of drug-likeness (QED) is 0.800. The fourth-order valence-electron chi connectivity index (χ4n) is 2.42. The summed E-state index contributed by atoms with van der Waals surface area (Å²) < 4.78 is 22.0. The number of hydrogen-bond donors (Lipinski definition) is 0. The number of benzene rings is 1. The van der Waals surface area contributed by atoms with Crippen LogP contribution in [0.3, 0.4) is 0 Å². The molecule has 1 fully saturated rings. The largest absolute Gasteiger partial charge is 0.496 e. The third kappa shape index (κ3) is 3.59. The molecule has 1 aliphatic heterocycles. The van der Waals surface area contributed by atoms with Gasteiger partial charge in [-0.25, -0.2) is 4.79 Å². The molecular formula is C17H24O5. The SMILES string of the molecule is COc1cc(C(=O)O[C@H](C)[C@@H]2COC(C)(C)O2)cc(C)c1C. The Labute approximate surface area is 131 Å². The average Bonchev–Trinajstić information content (AvgIpc) is 2.82. The average molecular weight is 308 g/mol. The smallest absolute Gasteiger partial charge is 0.338 e. The van der Waals surface area contributed by atoms with E-state index in [2.05, 4.69) is 0 Å². The van der Waals surface area contributed by atoms with Gasteiger partial charge in [-0.1, -0.05) is 0 Å². The summed E-state index contributed by atoms with van der Waals surface area (Å²) in [6.07, 6.45) is -0.644. The van der Waals surface area contributed by atoms with Crippen LogP contribution in [0.2, 0.25) is 0 Å².